The Morgan fingerprint density at radius 3 is 2.33 bits per heavy atom. The molecule has 1 saturated carbocycles. The molecule has 0 unspecified atom stereocenters. The molecule has 0 aromatic carbocycles. The van der Waals surface area contributed by atoms with Gasteiger partial charge in [0, 0.05) is 13.6 Å². The van der Waals surface area contributed by atoms with Crippen LogP contribution in [-0.2, 0) is 10.0 Å². The van der Waals surface area contributed by atoms with Gasteiger partial charge in [-0.1, -0.05) is 0 Å². The van der Waals surface area contributed by atoms with Gasteiger partial charge in [0.05, 0.1) is 5.25 Å². The Balaban J connectivity index is 1.87. The minimum atomic E-state index is -2.95. The molecule has 0 atom stereocenters. The van der Waals surface area contributed by atoms with Crippen LogP contribution in [0.2, 0.25) is 0 Å². The second kappa shape index (κ2) is 4.39. The molecule has 0 radical (unpaired) electrons. The quantitative estimate of drug-likeness (QED) is 0.764. The van der Waals surface area contributed by atoms with Crippen LogP contribution in [0.3, 0.4) is 0 Å². The smallest absolute Gasteiger partial charge is 0.216 e. The maximum atomic E-state index is 11.9. The van der Waals surface area contributed by atoms with Gasteiger partial charge in [-0.3, -0.25) is 0 Å². The molecule has 2 aliphatic rings. The Labute approximate surface area is 92.1 Å². The Morgan fingerprint density at radius 2 is 1.80 bits per heavy atom. The van der Waals surface area contributed by atoms with Gasteiger partial charge in [-0.15, -0.1) is 0 Å². The molecule has 1 aliphatic carbocycles. The summed E-state index contributed by atoms with van der Waals surface area (Å²) in [5, 5.41) is 3.23. The molecule has 0 aromatic heterocycles. The van der Waals surface area contributed by atoms with Gasteiger partial charge >= 0.3 is 0 Å². The number of sulfonamides is 1. The van der Waals surface area contributed by atoms with Gasteiger partial charge in [0.2, 0.25) is 10.0 Å². The summed E-state index contributed by atoms with van der Waals surface area (Å²) in [6, 6.07) is 0. The van der Waals surface area contributed by atoms with Crippen molar-refractivity contribution in [1.82, 2.24) is 9.62 Å². The molecule has 0 bridgehead atoms. The maximum Gasteiger partial charge on any atom is 0.216 e. The van der Waals surface area contributed by atoms with Crippen LogP contribution in [0.5, 0.6) is 0 Å². The second-order valence-electron chi connectivity index (χ2n) is 4.72. The lowest BCUT2D eigenvalue weighted by molar-refractivity contribution is 0.311. The van der Waals surface area contributed by atoms with E-state index in [0.717, 1.165) is 38.8 Å². The summed E-state index contributed by atoms with van der Waals surface area (Å²) in [5.41, 5.74) is 0. The third-order valence-corrected chi connectivity index (χ3v) is 5.69. The van der Waals surface area contributed by atoms with Crippen molar-refractivity contribution in [1.29, 1.82) is 0 Å². The van der Waals surface area contributed by atoms with Crippen LogP contribution < -0.4 is 5.32 Å². The van der Waals surface area contributed by atoms with E-state index >= 15 is 0 Å². The van der Waals surface area contributed by atoms with Gasteiger partial charge in [0.1, 0.15) is 0 Å². The highest BCUT2D eigenvalue weighted by atomic mass is 32.2. The first kappa shape index (κ1) is 11.4. The first-order valence-corrected chi connectivity index (χ1v) is 7.27. The maximum absolute atomic E-state index is 11.9. The minimum Gasteiger partial charge on any atom is -0.317 e. The molecule has 4 nitrogen and oxygen atoms in total. The lowest BCUT2D eigenvalue weighted by atomic mass is 9.98. The van der Waals surface area contributed by atoms with Gasteiger partial charge in [0.15, 0.2) is 0 Å². The Hall–Kier alpha value is -0.130. The van der Waals surface area contributed by atoms with Crippen molar-refractivity contribution in [3.05, 3.63) is 0 Å². The van der Waals surface area contributed by atoms with E-state index in [2.05, 4.69) is 5.32 Å². The highest BCUT2D eigenvalue weighted by Gasteiger charge is 2.39. The predicted octanol–water partition coefficient (Wildman–Crippen LogP) is 0.410. The van der Waals surface area contributed by atoms with Gasteiger partial charge in [-0.2, -0.15) is 0 Å². The molecule has 0 amide bonds. The third-order valence-electron chi connectivity index (χ3n) is 3.35. The zero-order valence-corrected chi connectivity index (χ0v) is 10.1. The molecule has 88 valence electrons. The van der Waals surface area contributed by atoms with Gasteiger partial charge in [-0.25, -0.2) is 12.7 Å². The van der Waals surface area contributed by atoms with Gasteiger partial charge in [-0.05, 0) is 44.7 Å². The van der Waals surface area contributed by atoms with Crippen LogP contribution >= 0.6 is 0 Å². The van der Waals surface area contributed by atoms with Crippen molar-refractivity contribution in [3.63, 3.8) is 0 Å². The summed E-state index contributed by atoms with van der Waals surface area (Å²) in [4.78, 5) is 0. The topological polar surface area (TPSA) is 49.4 Å². The Morgan fingerprint density at radius 1 is 1.20 bits per heavy atom. The number of piperidine rings is 1. The fourth-order valence-corrected chi connectivity index (χ4v) is 3.81. The third kappa shape index (κ3) is 2.71. The standard InChI is InChI=1S/C10H20N2O2S/c1-12(15(13,14)10-2-3-10)8-9-4-6-11-7-5-9/h9-11H,2-8H2,1H3. The van der Waals surface area contributed by atoms with Crippen LogP contribution in [0.4, 0.5) is 0 Å². The van der Waals surface area contributed by atoms with Crippen LogP contribution in [0, 0.1) is 5.92 Å². The first-order valence-electron chi connectivity index (χ1n) is 5.76. The average molecular weight is 232 g/mol. The molecule has 1 N–H and O–H groups in total. The van der Waals surface area contributed by atoms with E-state index in [1.165, 1.54) is 0 Å². The van der Waals surface area contributed by atoms with Crippen molar-refractivity contribution in [2.45, 2.75) is 30.9 Å². The number of hydrogen-bond donors (Lipinski definition) is 1. The van der Waals surface area contributed by atoms with Crippen molar-refractivity contribution in [2.24, 2.45) is 5.92 Å². The van der Waals surface area contributed by atoms with Gasteiger partial charge < -0.3 is 5.32 Å². The number of rotatable bonds is 4. The van der Waals surface area contributed by atoms with E-state index in [1.807, 2.05) is 0 Å². The number of nitrogens with zero attached hydrogens (tertiary/aromatic N) is 1. The summed E-state index contributed by atoms with van der Waals surface area (Å²) in [6.07, 6.45) is 3.92. The van der Waals surface area contributed by atoms with E-state index < -0.39 is 10.0 Å². The molecule has 15 heavy (non-hydrogen) atoms. The van der Waals surface area contributed by atoms with E-state index in [-0.39, 0.29) is 5.25 Å². The molecular formula is C10H20N2O2S. The van der Waals surface area contributed by atoms with E-state index in [1.54, 1.807) is 11.4 Å². The predicted molar refractivity (Wildman–Crippen MR) is 60.2 cm³/mol. The molecule has 1 aliphatic heterocycles. The largest absolute Gasteiger partial charge is 0.317 e. The highest BCUT2D eigenvalue weighted by molar-refractivity contribution is 7.90. The van der Waals surface area contributed by atoms with E-state index in [4.69, 9.17) is 0 Å². The zero-order valence-electron chi connectivity index (χ0n) is 9.28. The van der Waals surface area contributed by atoms with Crippen molar-refractivity contribution in [3.8, 4) is 0 Å². The zero-order chi connectivity index (χ0) is 10.9. The fourth-order valence-electron chi connectivity index (χ4n) is 2.15. The van der Waals surface area contributed by atoms with E-state index in [9.17, 15) is 8.42 Å². The lowest BCUT2D eigenvalue weighted by Gasteiger charge is -2.27. The minimum absolute atomic E-state index is 0.0655. The first-order chi connectivity index (χ1) is 7.10. The monoisotopic (exact) mass is 232 g/mol. The fraction of sp³-hybridized carbons (Fsp3) is 1.00. The number of nitrogens with one attached hydrogen (secondary N) is 1. The Bertz CT molecular complexity index is 305. The molecule has 0 aromatic rings. The SMILES string of the molecule is CN(CC1CCNCC1)S(=O)(=O)C1CC1. The van der Waals surface area contributed by atoms with Crippen LogP contribution in [0.25, 0.3) is 0 Å². The van der Waals surface area contributed by atoms with Gasteiger partial charge in [0.25, 0.3) is 0 Å². The number of hydrogen-bond acceptors (Lipinski definition) is 3. The summed E-state index contributed by atoms with van der Waals surface area (Å²) in [7, 11) is -1.22. The summed E-state index contributed by atoms with van der Waals surface area (Å²) in [5.74, 6) is 0.546. The Kier molecular flexibility index (Phi) is 3.33. The lowest BCUT2D eigenvalue weighted by Crippen LogP contribution is -2.38. The van der Waals surface area contributed by atoms with Crippen LogP contribution in [0.15, 0.2) is 0 Å². The molecule has 1 saturated heterocycles. The van der Waals surface area contributed by atoms with Crippen molar-refractivity contribution < 1.29 is 8.42 Å². The molecule has 1 heterocycles. The van der Waals surface area contributed by atoms with Crippen molar-refractivity contribution >= 4 is 10.0 Å². The van der Waals surface area contributed by atoms with Crippen molar-refractivity contribution in [2.75, 3.05) is 26.7 Å². The molecule has 0 spiro atoms. The summed E-state index contributed by atoms with van der Waals surface area (Å²) >= 11 is 0. The summed E-state index contributed by atoms with van der Waals surface area (Å²) < 4.78 is 25.3. The summed E-state index contributed by atoms with van der Waals surface area (Å²) in [6.45, 7) is 2.77. The molecule has 5 heteroatoms. The highest BCUT2D eigenvalue weighted by Crippen LogP contribution is 2.31. The molecular weight excluding hydrogens is 212 g/mol. The molecule has 2 fully saturated rings. The molecule has 2 rings (SSSR count). The van der Waals surface area contributed by atoms with Crippen LogP contribution in [0.1, 0.15) is 25.7 Å². The average Bonchev–Trinajstić information content (AvgIpc) is 3.02. The second-order valence-corrected chi connectivity index (χ2v) is 7.04. The van der Waals surface area contributed by atoms with Crippen LogP contribution in [-0.4, -0.2) is 44.7 Å². The normalized spacial score (nSPS) is 24.7. The van der Waals surface area contributed by atoms with E-state index in [0.29, 0.717) is 12.5 Å².